The van der Waals surface area contributed by atoms with Crippen LogP contribution in [0.5, 0.6) is 0 Å². The Morgan fingerprint density at radius 3 is 2.65 bits per heavy atom. The molecule has 0 saturated carbocycles. The molecular weight excluding hydrogens is 408 g/mol. The van der Waals surface area contributed by atoms with Crippen LogP contribution < -0.4 is 5.32 Å². The van der Waals surface area contributed by atoms with E-state index < -0.39 is 0 Å². The molecule has 2 atom stereocenters. The maximum atomic E-state index is 12.9. The van der Waals surface area contributed by atoms with Crippen molar-refractivity contribution in [1.82, 2.24) is 10.2 Å². The molecule has 4 nitrogen and oxygen atoms in total. The van der Waals surface area contributed by atoms with Crippen molar-refractivity contribution in [2.24, 2.45) is 11.3 Å². The number of hydrogen-bond donors (Lipinski definition) is 1. The average Bonchev–Trinajstić information content (AvgIpc) is 2.77. The van der Waals surface area contributed by atoms with E-state index in [0.29, 0.717) is 5.92 Å². The van der Waals surface area contributed by atoms with Crippen LogP contribution in [0.1, 0.15) is 50.3 Å². The number of nitrogens with zero attached hydrogens (tertiary/aromatic N) is 1. The monoisotopic (exact) mass is 438 g/mol. The first kappa shape index (κ1) is 20.8. The molecule has 3 saturated heterocycles. The van der Waals surface area contributed by atoms with Crippen molar-refractivity contribution in [3.8, 4) is 11.1 Å². The van der Waals surface area contributed by atoms with Crippen LogP contribution in [-0.4, -0.2) is 36.7 Å². The molecule has 3 aliphatic heterocycles. The second-order valence-corrected chi connectivity index (χ2v) is 10.4. The van der Waals surface area contributed by atoms with Crippen molar-refractivity contribution in [2.45, 2.75) is 51.7 Å². The van der Waals surface area contributed by atoms with Gasteiger partial charge >= 0.3 is 6.09 Å². The number of nitrogens with one attached hydrogen (secondary N) is 1. The van der Waals surface area contributed by atoms with Crippen molar-refractivity contribution in [3.05, 3.63) is 58.6 Å². The number of ether oxygens (including phenoxy) is 1. The van der Waals surface area contributed by atoms with Gasteiger partial charge in [-0.05, 0) is 72.9 Å². The van der Waals surface area contributed by atoms with Gasteiger partial charge in [-0.25, -0.2) is 4.79 Å². The largest absolute Gasteiger partial charge is 0.445 e. The van der Waals surface area contributed by atoms with Crippen molar-refractivity contribution < 1.29 is 9.53 Å². The lowest BCUT2D eigenvalue weighted by Gasteiger charge is -2.44. The summed E-state index contributed by atoms with van der Waals surface area (Å²) < 4.78 is 5.94. The van der Waals surface area contributed by atoms with E-state index in [9.17, 15) is 4.79 Å². The molecule has 1 amide bonds. The number of piperidine rings is 3. The molecule has 3 heterocycles. The Morgan fingerprint density at radius 1 is 1.16 bits per heavy atom. The number of aryl methyl sites for hydroxylation is 1. The highest BCUT2D eigenvalue weighted by Crippen LogP contribution is 2.45. The number of benzene rings is 2. The summed E-state index contributed by atoms with van der Waals surface area (Å²) >= 11 is 6.43. The predicted molar refractivity (Wildman–Crippen MR) is 124 cm³/mol. The topological polar surface area (TPSA) is 41.6 Å². The van der Waals surface area contributed by atoms with Gasteiger partial charge in [-0.1, -0.05) is 61.8 Å². The van der Waals surface area contributed by atoms with Crippen LogP contribution in [0.15, 0.2) is 42.5 Å². The summed E-state index contributed by atoms with van der Waals surface area (Å²) in [5, 5.41) is 4.00. The van der Waals surface area contributed by atoms with Gasteiger partial charge in [0.05, 0.1) is 6.04 Å². The first-order chi connectivity index (χ1) is 14.9. The van der Waals surface area contributed by atoms with Gasteiger partial charge in [-0.15, -0.1) is 0 Å². The minimum atomic E-state index is -0.278. The number of rotatable bonds is 3. The molecule has 0 radical (unpaired) electrons. The molecule has 2 aromatic rings. The Hall–Kier alpha value is -2.04. The Labute approximate surface area is 189 Å². The zero-order valence-electron chi connectivity index (χ0n) is 18.4. The number of fused-ring (bicyclic) bond motifs is 4. The van der Waals surface area contributed by atoms with Gasteiger partial charge < -0.3 is 10.1 Å². The van der Waals surface area contributed by atoms with Gasteiger partial charge in [-0.2, -0.15) is 0 Å². The maximum absolute atomic E-state index is 12.9. The first-order valence-corrected chi connectivity index (χ1v) is 11.9. The van der Waals surface area contributed by atoms with E-state index >= 15 is 0 Å². The Balaban J connectivity index is 1.36. The van der Waals surface area contributed by atoms with E-state index in [-0.39, 0.29) is 23.7 Å². The molecule has 1 aliphatic carbocycles. The minimum Gasteiger partial charge on any atom is -0.445 e. The van der Waals surface area contributed by atoms with E-state index in [0.717, 1.165) is 61.5 Å². The van der Waals surface area contributed by atoms with Gasteiger partial charge in [0.1, 0.15) is 6.10 Å². The third-order valence-electron chi connectivity index (χ3n) is 7.58. The van der Waals surface area contributed by atoms with Crippen molar-refractivity contribution in [3.63, 3.8) is 0 Å². The fourth-order valence-corrected chi connectivity index (χ4v) is 5.84. The van der Waals surface area contributed by atoms with Crippen LogP contribution in [0.2, 0.25) is 5.02 Å². The first-order valence-electron chi connectivity index (χ1n) is 11.5. The minimum absolute atomic E-state index is 0.0243. The number of hydrogen-bond acceptors (Lipinski definition) is 3. The third kappa shape index (κ3) is 4.08. The molecule has 4 aliphatic rings. The summed E-state index contributed by atoms with van der Waals surface area (Å²) in [5.74, 6) is 0.514. The Bertz CT molecular complexity index is 981. The average molecular weight is 439 g/mol. The molecule has 3 fully saturated rings. The molecule has 1 N–H and O–H groups in total. The number of amides is 1. The summed E-state index contributed by atoms with van der Waals surface area (Å²) in [6.45, 7) is 7.63. The fraction of sp³-hybridized carbons (Fsp3) is 0.500. The number of carbonyl (C=O) groups excluding carboxylic acids is 1. The van der Waals surface area contributed by atoms with Gasteiger partial charge in [0.15, 0.2) is 0 Å². The van der Waals surface area contributed by atoms with Gasteiger partial charge in [0.2, 0.25) is 0 Å². The number of halogens is 1. The highest BCUT2D eigenvalue weighted by Gasteiger charge is 2.40. The lowest BCUT2D eigenvalue weighted by molar-refractivity contribution is -0.0353. The summed E-state index contributed by atoms with van der Waals surface area (Å²) in [4.78, 5) is 15.3. The predicted octanol–water partition coefficient (Wildman–Crippen LogP) is 5.84. The van der Waals surface area contributed by atoms with Crippen molar-refractivity contribution >= 4 is 17.7 Å². The molecule has 2 bridgehead atoms. The molecule has 0 spiro atoms. The lowest BCUT2D eigenvalue weighted by Crippen LogP contribution is -2.53. The molecule has 5 heteroatoms. The zero-order valence-corrected chi connectivity index (χ0v) is 19.1. The van der Waals surface area contributed by atoms with Crippen LogP contribution in [0, 0.1) is 11.3 Å². The normalized spacial score (nSPS) is 28.6. The van der Waals surface area contributed by atoms with Gasteiger partial charge in [0.25, 0.3) is 0 Å². The van der Waals surface area contributed by atoms with Gasteiger partial charge in [-0.3, -0.25) is 4.90 Å². The maximum Gasteiger partial charge on any atom is 0.407 e. The quantitative estimate of drug-likeness (QED) is 0.654. The van der Waals surface area contributed by atoms with Crippen molar-refractivity contribution in [1.29, 1.82) is 0 Å². The summed E-state index contributed by atoms with van der Waals surface area (Å²) in [7, 11) is 0. The Morgan fingerprint density at radius 2 is 1.94 bits per heavy atom. The highest BCUT2D eigenvalue weighted by molar-refractivity contribution is 6.33. The molecule has 6 rings (SSSR count). The second kappa shape index (κ2) is 8.14. The molecule has 0 aromatic heterocycles. The molecule has 2 aromatic carbocycles. The SMILES string of the molecule is CC1(C)CCc2cc(-c3ccccc3Cl)ccc2C1NC(=O)O[C@@H]1CN2CCC1CC2. The molecule has 1 unspecified atom stereocenters. The molecular formula is C26H31ClN2O2. The van der Waals surface area contributed by atoms with Crippen LogP contribution in [0.3, 0.4) is 0 Å². The van der Waals surface area contributed by atoms with E-state index in [1.54, 1.807) is 0 Å². The van der Waals surface area contributed by atoms with E-state index in [4.69, 9.17) is 16.3 Å². The summed E-state index contributed by atoms with van der Waals surface area (Å²) in [6, 6.07) is 14.4. The number of carbonyl (C=O) groups is 1. The van der Waals surface area contributed by atoms with Crippen LogP contribution >= 0.6 is 11.6 Å². The van der Waals surface area contributed by atoms with E-state index in [2.05, 4.69) is 48.3 Å². The highest BCUT2D eigenvalue weighted by atomic mass is 35.5. The third-order valence-corrected chi connectivity index (χ3v) is 7.91. The summed E-state index contributed by atoms with van der Waals surface area (Å²) in [6.07, 6.45) is 4.03. The smallest absolute Gasteiger partial charge is 0.407 e. The fourth-order valence-electron chi connectivity index (χ4n) is 5.60. The van der Waals surface area contributed by atoms with E-state index in [1.165, 1.54) is 11.1 Å². The van der Waals surface area contributed by atoms with E-state index in [1.807, 2.05) is 18.2 Å². The van der Waals surface area contributed by atoms with Crippen LogP contribution in [0.25, 0.3) is 11.1 Å². The second-order valence-electron chi connectivity index (χ2n) is 10.0. The zero-order chi connectivity index (χ0) is 21.6. The van der Waals surface area contributed by atoms with Crippen LogP contribution in [0.4, 0.5) is 4.79 Å². The number of alkyl carbamates (subject to hydrolysis) is 1. The molecule has 164 valence electrons. The van der Waals surface area contributed by atoms with Crippen LogP contribution in [-0.2, 0) is 11.2 Å². The summed E-state index contributed by atoms with van der Waals surface area (Å²) in [5.41, 5.74) is 4.61. The van der Waals surface area contributed by atoms with Crippen molar-refractivity contribution in [2.75, 3.05) is 19.6 Å². The lowest BCUT2D eigenvalue weighted by atomic mass is 9.70. The standard InChI is InChI=1S/C26H31ClN2O2/c1-26(2)12-9-19-15-18(20-5-3-4-6-22(20)27)7-8-21(19)24(26)28-25(30)31-23-16-29-13-10-17(23)11-14-29/h3-8,15,17,23-24H,9-14,16H2,1-2H3,(H,28,30)/t23-,24?/m1/s1. The molecule has 31 heavy (non-hydrogen) atoms. The van der Waals surface area contributed by atoms with Gasteiger partial charge in [0, 0.05) is 17.1 Å². The Kier molecular flexibility index (Phi) is 5.47.